The minimum absolute atomic E-state index is 0.0361. The summed E-state index contributed by atoms with van der Waals surface area (Å²) in [7, 11) is 0. The monoisotopic (exact) mass is 1900 g/mol. The number of rotatable bonds is 55. The van der Waals surface area contributed by atoms with Crippen molar-refractivity contribution in [2.75, 3.05) is 32.7 Å². The van der Waals surface area contributed by atoms with Gasteiger partial charge in [0.25, 0.3) is 0 Å². The summed E-state index contributed by atoms with van der Waals surface area (Å²) >= 11 is 0. The molecule has 1 aromatic rings. The van der Waals surface area contributed by atoms with Crippen LogP contribution in [0.5, 0.6) is 0 Å². The first-order chi connectivity index (χ1) is 64.7. The zero-order chi connectivity index (χ0) is 99.8. The van der Waals surface area contributed by atoms with E-state index in [-0.39, 0.29) is 64.7 Å². The quantitative estimate of drug-likeness (QED) is 0.0352. The van der Waals surface area contributed by atoms with Gasteiger partial charge in [0, 0.05) is 51.2 Å². The lowest BCUT2D eigenvalue weighted by Gasteiger charge is -2.41. The molecule has 0 aliphatic heterocycles. The fourth-order valence-electron chi connectivity index (χ4n) is 20.2. The molecule has 6 aliphatic carbocycles. The van der Waals surface area contributed by atoms with E-state index in [4.69, 9.17) is 28.4 Å². The van der Waals surface area contributed by atoms with Gasteiger partial charge in [-0.25, -0.2) is 33.7 Å². The number of imide groups is 1. The number of hydrogen-bond donors (Lipinski definition) is 4. The Morgan fingerprint density at radius 1 is 0.356 bits per heavy atom. The van der Waals surface area contributed by atoms with Crippen LogP contribution in [0.2, 0.25) is 0 Å². The number of nitrogens with zero attached hydrogens (tertiary/aromatic N) is 2. The second kappa shape index (κ2) is 76.3. The molecule has 0 spiro atoms. The Labute approximate surface area is 830 Å². The lowest BCUT2D eigenvalue weighted by molar-refractivity contribution is -0.134. The molecular formula is C116H216N6O13. The van der Waals surface area contributed by atoms with Crippen molar-refractivity contribution in [1.29, 1.82) is 0 Å². The summed E-state index contributed by atoms with van der Waals surface area (Å²) in [6.45, 7) is 42.9. The minimum Gasteiger partial charge on any atom is -0.444 e. The molecule has 19 nitrogen and oxygen atoms in total. The molecule has 1 atom stereocenters. The maximum absolute atomic E-state index is 13.5. The van der Waals surface area contributed by atoms with Crippen LogP contribution in [0, 0.1) is 23.2 Å². The SMILES string of the molecule is CC(OC(=O)N(C1CCCCC1)C1CCCCC1)c1ccccc1.CCCCCCCCCN(C(=O)CC(C)(C)C1CCCCC1)C(=O)OC(C)(C)C1CCCCC1.CCCCCCCCCNC(=O)OC(C)(C)C.CCCCCCCCCNC(=O)OC(C)(C)C1CCCCC1.CCCCCCCCCNC(=O)OC(C)(C)CC.CCCCCCCCCNC(=O)OC1(CC)CCCC1. The first kappa shape index (κ1) is 126. The highest BCUT2D eigenvalue weighted by atomic mass is 16.6. The molecular weight excluding hydrogens is 1690 g/mol. The van der Waals surface area contributed by atoms with Crippen molar-refractivity contribution in [2.45, 2.75) is 608 Å². The summed E-state index contributed by atoms with van der Waals surface area (Å²) in [5.41, 5.74) is -0.772. The van der Waals surface area contributed by atoms with Gasteiger partial charge in [-0.1, -0.05) is 382 Å². The van der Waals surface area contributed by atoms with E-state index in [1.54, 1.807) is 0 Å². The lowest BCUT2D eigenvalue weighted by Crippen LogP contribution is -2.49. The average molecular weight is 1900 g/mol. The summed E-state index contributed by atoms with van der Waals surface area (Å²) < 4.78 is 33.8. The molecule has 1 unspecified atom stereocenters. The van der Waals surface area contributed by atoms with Crippen LogP contribution in [0.25, 0.3) is 0 Å². The molecule has 7 amide bonds. The van der Waals surface area contributed by atoms with Crippen molar-refractivity contribution in [1.82, 2.24) is 31.1 Å². The predicted octanol–water partition coefficient (Wildman–Crippen LogP) is 34.8. The smallest absolute Gasteiger partial charge is 0.417 e. The van der Waals surface area contributed by atoms with Crippen LogP contribution in [0.1, 0.15) is 573 Å². The van der Waals surface area contributed by atoms with Crippen molar-refractivity contribution < 1.29 is 62.0 Å². The number of benzene rings is 1. The summed E-state index contributed by atoms with van der Waals surface area (Å²) in [6, 6.07) is 10.8. The van der Waals surface area contributed by atoms with Crippen LogP contribution in [-0.4, -0.2) is 125 Å². The molecule has 0 radical (unpaired) electrons. The van der Waals surface area contributed by atoms with Crippen LogP contribution in [0.4, 0.5) is 28.8 Å². The Balaban J connectivity index is 0.000000558. The molecule has 0 saturated heterocycles. The molecule has 6 saturated carbocycles. The number of alkyl carbamates (subject to hydrolysis) is 4. The lowest BCUT2D eigenvalue weighted by atomic mass is 9.69. The van der Waals surface area contributed by atoms with Gasteiger partial charge in [-0.2, -0.15) is 0 Å². The predicted molar refractivity (Wildman–Crippen MR) is 565 cm³/mol. The van der Waals surface area contributed by atoms with Gasteiger partial charge in [0.05, 0.1) is 0 Å². The fraction of sp³-hybridized carbons (Fsp3) is 0.888. The number of ether oxygens (including phenoxy) is 6. The third kappa shape index (κ3) is 61.7. The van der Waals surface area contributed by atoms with Gasteiger partial charge in [0.15, 0.2) is 0 Å². The number of nitrogens with one attached hydrogen (secondary N) is 4. The van der Waals surface area contributed by atoms with E-state index in [2.05, 4.69) is 95.4 Å². The summed E-state index contributed by atoms with van der Waals surface area (Å²) in [4.78, 5) is 90.1. The number of hydrogen-bond acceptors (Lipinski definition) is 13. The molecule has 19 heteroatoms. The van der Waals surface area contributed by atoms with Crippen LogP contribution < -0.4 is 21.3 Å². The third-order valence-electron chi connectivity index (χ3n) is 29.7. The van der Waals surface area contributed by atoms with E-state index in [1.165, 1.54) is 326 Å². The minimum atomic E-state index is -0.519. The highest BCUT2D eigenvalue weighted by Crippen LogP contribution is 2.43. The largest absolute Gasteiger partial charge is 0.444 e. The zero-order valence-corrected chi connectivity index (χ0v) is 91.5. The molecule has 788 valence electrons. The Morgan fingerprint density at radius 2 is 0.674 bits per heavy atom. The molecule has 1 aromatic carbocycles. The van der Waals surface area contributed by atoms with Crippen molar-refractivity contribution >= 4 is 42.5 Å². The van der Waals surface area contributed by atoms with Crippen molar-refractivity contribution in [3.05, 3.63) is 35.9 Å². The maximum Gasteiger partial charge on any atom is 0.417 e. The summed E-state index contributed by atoms with van der Waals surface area (Å²) in [6.07, 6.45) is 79.2. The van der Waals surface area contributed by atoms with Crippen LogP contribution in [-0.2, 0) is 33.2 Å². The second-order valence-electron chi connectivity index (χ2n) is 44.6. The van der Waals surface area contributed by atoms with Gasteiger partial charge in [-0.3, -0.25) is 4.79 Å². The van der Waals surface area contributed by atoms with Crippen LogP contribution >= 0.6 is 0 Å². The Morgan fingerprint density at radius 3 is 1.03 bits per heavy atom. The summed E-state index contributed by atoms with van der Waals surface area (Å²) in [5.74, 6) is 1.44. The van der Waals surface area contributed by atoms with E-state index < -0.39 is 17.3 Å². The highest BCUT2D eigenvalue weighted by Gasteiger charge is 2.42. The number of carbonyl (C=O) groups is 7. The van der Waals surface area contributed by atoms with Gasteiger partial charge in [0.2, 0.25) is 5.91 Å². The van der Waals surface area contributed by atoms with Crippen LogP contribution in [0.15, 0.2) is 30.3 Å². The Kier molecular flexibility index (Phi) is 70.9. The zero-order valence-electron chi connectivity index (χ0n) is 91.5. The molecule has 135 heavy (non-hydrogen) atoms. The van der Waals surface area contributed by atoms with E-state index in [1.807, 2.05) is 92.6 Å². The Bertz CT molecular complexity index is 3020. The molecule has 0 bridgehead atoms. The normalized spacial score (nSPS) is 16.6. The van der Waals surface area contributed by atoms with Gasteiger partial charge in [-0.15, -0.1) is 0 Å². The molecule has 7 rings (SSSR count). The topological polar surface area (TPSA) is 229 Å². The third-order valence-corrected chi connectivity index (χ3v) is 29.7. The molecule has 0 aromatic heterocycles. The number of carbonyl (C=O) groups excluding carboxylic acids is 7. The fourth-order valence-corrected chi connectivity index (χ4v) is 20.2. The van der Waals surface area contributed by atoms with Gasteiger partial charge >= 0.3 is 36.6 Å². The first-order valence-electron chi connectivity index (χ1n) is 57.1. The van der Waals surface area contributed by atoms with E-state index >= 15 is 0 Å². The van der Waals surface area contributed by atoms with E-state index in [0.717, 1.165) is 134 Å². The van der Waals surface area contributed by atoms with Gasteiger partial charge in [-0.05, 0) is 233 Å². The second-order valence-corrected chi connectivity index (χ2v) is 44.6. The molecule has 6 aliphatic rings. The van der Waals surface area contributed by atoms with Gasteiger partial charge in [0.1, 0.15) is 34.1 Å². The van der Waals surface area contributed by atoms with Gasteiger partial charge < -0.3 is 54.6 Å². The molecule has 0 heterocycles. The number of amides is 7. The van der Waals surface area contributed by atoms with Crippen LogP contribution in [0.3, 0.4) is 0 Å². The molecule has 6 fully saturated rings. The van der Waals surface area contributed by atoms with Crippen molar-refractivity contribution in [3.63, 3.8) is 0 Å². The van der Waals surface area contributed by atoms with Crippen molar-refractivity contribution in [3.8, 4) is 0 Å². The van der Waals surface area contributed by atoms with Crippen molar-refractivity contribution in [2.24, 2.45) is 23.2 Å². The van der Waals surface area contributed by atoms with E-state index in [9.17, 15) is 33.6 Å². The molecule has 4 N–H and O–H groups in total. The van der Waals surface area contributed by atoms with E-state index in [0.29, 0.717) is 42.8 Å². The maximum atomic E-state index is 13.5. The first-order valence-corrected chi connectivity index (χ1v) is 57.1. The number of unbranched alkanes of at least 4 members (excludes halogenated alkanes) is 30. The Hall–Kier alpha value is -5.49. The highest BCUT2D eigenvalue weighted by molar-refractivity contribution is 5.92. The average Bonchev–Trinajstić information content (AvgIpc) is 1.88. The standard InChI is InChI=1S/C30H55NO3.C21H31NO2.C19H37NO2.C17H33NO2.C15H31NO2.C14H29NO2/c1-6-7-8-9-10-11-18-23-31(27(32)24-29(2,3)25-19-14-12-15-20-25)28(33)34-30(4,5)26-21-16-13-17-22-26;1-17(18-11-5-2-6-12-18)24-21(23)22(19-13-7-3-8-14-19)20-15-9-4-10-16-20;1-4-5-6-7-8-9-13-16-20-18(21)22-19(2,3)17-14-11-10-12-15-17;1-3-5-6-7-8-9-12-15-18-16(19)20-17(4-2)13-10-11-14-17;1-5-7-8-9-10-11-12-13-16-14(17)18-15(3,4)6-2;1-5-6-7-8-9-10-11-12-15-13(16)17-14(2,3)4/h25-26H,6-24H2,1-5H3;2,5-6,11-12,17,19-20H,3-4,7-10,13-16H2,1H3;17H,4-16H2,1-3H3,(H,20,21);3-15H2,1-2H3,(H,18,19);5-13H2,1-4H3,(H,16,17);5-12H2,1-4H3,(H,15,16). The summed E-state index contributed by atoms with van der Waals surface area (Å²) in [5, 5.41) is 11.4.